The van der Waals surface area contributed by atoms with Crippen LogP contribution in [0.1, 0.15) is 53.4 Å². The quantitative estimate of drug-likeness (QED) is 0.114. The molecule has 0 amide bonds. The summed E-state index contributed by atoms with van der Waals surface area (Å²) in [5.41, 5.74) is 3.01. The van der Waals surface area contributed by atoms with Crippen molar-refractivity contribution in [2.75, 3.05) is 13.2 Å². The van der Waals surface area contributed by atoms with E-state index in [9.17, 15) is 0 Å². The molecule has 0 unspecified atom stereocenters. The van der Waals surface area contributed by atoms with E-state index in [1.807, 2.05) is 72.8 Å². The molecule has 0 bridgehead atoms. The number of halogens is 2. The maximum atomic E-state index is 16.0. The molecule has 0 radical (unpaired) electrons. The molecule has 0 spiro atoms. The topological polar surface area (TPSA) is 44.2 Å². The Hall–Kier alpha value is -3.66. The highest BCUT2D eigenvalue weighted by Gasteiger charge is 2.27. The van der Waals surface area contributed by atoms with Gasteiger partial charge in [-0.05, 0) is 95.8 Å². The van der Waals surface area contributed by atoms with E-state index in [-0.39, 0.29) is 11.1 Å². The summed E-state index contributed by atoms with van der Waals surface area (Å²) in [6, 6.07) is 23.4. The second-order valence-corrected chi connectivity index (χ2v) is 14.4. The van der Waals surface area contributed by atoms with Crippen molar-refractivity contribution in [1.29, 1.82) is 0 Å². The van der Waals surface area contributed by atoms with Crippen molar-refractivity contribution in [1.82, 2.24) is 8.75 Å². The van der Waals surface area contributed by atoms with Gasteiger partial charge in [-0.1, -0.05) is 53.4 Å². The van der Waals surface area contributed by atoms with Gasteiger partial charge < -0.3 is 9.47 Å². The lowest BCUT2D eigenvalue weighted by molar-refractivity contribution is 0.240. The summed E-state index contributed by atoms with van der Waals surface area (Å²) in [6.45, 7) is 10.1. The van der Waals surface area contributed by atoms with Crippen LogP contribution in [-0.2, 0) is 0 Å². The number of benzene rings is 3. The highest BCUT2D eigenvalue weighted by molar-refractivity contribution is 7.19. The van der Waals surface area contributed by atoms with E-state index >= 15 is 8.78 Å². The monoisotopic (exact) mass is 688 g/mol. The van der Waals surface area contributed by atoms with Crippen molar-refractivity contribution in [2.45, 2.75) is 53.4 Å². The second kappa shape index (κ2) is 15.0. The van der Waals surface area contributed by atoms with Crippen molar-refractivity contribution in [3.05, 3.63) is 84.4 Å². The maximum absolute atomic E-state index is 16.0. The van der Waals surface area contributed by atoms with Crippen LogP contribution in [0.25, 0.3) is 52.8 Å². The first kappa shape index (κ1) is 33.2. The van der Waals surface area contributed by atoms with Crippen molar-refractivity contribution in [3.8, 4) is 53.3 Å². The van der Waals surface area contributed by atoms with E-state index in [0.717, 1.165) is 69.8 Å². The molecule has 0 N–H and O–H groups in total. The summed E-state index contributed by atoms with van der Waals surface area (Å²) < 4.78 is 52.9. The number of thiophene rings is 2. The number of rotatable bonds is 14. The molecule has 0 aliphatic carbocycles. The largest absolute Gasteiger partial charge is 0.493 e. The van der Waals surface area contributed by atoms with E-state index in [2.05, 4.69) is 36.4 Å². The zero-order chi connectivity index (χ0) is 32.9. The Balaban J connectivity index is 1.24. The number of aromatic nitrogens is 2. The fourth-order valence-electron chi connectivity index (χ4n) is 5.56. The Bertz CT molecular complexity index is 1780. The molecular weight excluding hydrogens is 651 g/mol. The zero-order valence-electron chi connectivity index (χ0n) is 27.0. The SMILES string of the molecule is CCC(CC)COc1ccc(-c2ccc(-c3c(F)c(F)c(-c4ccc(-c5ccc(OCC(CC)CC)cc5)s4)c4nsnc34)s2)cc1. The summed E-state index contributed by atoms with van der Waals surface area (Å²) in [7, 11) is 0. The van der Waals surface area contributed by atoms with Crippen LogP contribution in [0.5, 0.6) is 11.5 Å². The first-order valence-corrected chi connectivity index (χ1v) is 18.6. The van der Waals surface area contributed by atoms with Gasteiger partial charge in [-0.2, -0.15) is 8.75 Å². The molecule has 0 atom stereocenters. The van der Waals surface area contributed by atoms with E-state index in [0.29, 0.717) is 45.8 Å². The lowest BCUT2D eigenvalue weighted by Gasteiger charge is -2.13. The molecule has 3 aromatic carbocycles. The van der Waals surface area contributed by atoms with Gasteiger partial charge in [0.05, 0.1) is 36.1 Å². The van der Waals surface area contributed by atoms with Crippen molar-refractivity contribution in [3.63, 3.8) is 0 Å². The number of hydrogen-bond donors (Lipinski definition) is 0. The van der Waals surface area contributed by atoms with Crippen molar-refractivity contribution >= 4 is 45.4 Å². The third-order valence-electron chi connectivity index (χ3n) is 8.86. The number of nitrogens with zero attached hydrogens (tertiary/aromatic N) is 2. The van der Waals surface area contributed by atoms with Gasteiger partial charge >= 0.3 is 0 Å². The summed E-state index contributed by atoms with van der Waals surface area (Å²) in [4.78, 5) is 3.10. The number of hydrogen-bond acceptors (Lipinski definition) is 7. The van der Waals surface area contributed by atoms with Crippen LogP contribution in [-0.4, -0.2) is 22.0 Å². The van der Waals surface area contributed by atoms with E-state index < -0.39 is 11.6 Å². The Kier molecular flexibility index (Phi) is 10.6. The lowest BCUT2D eigenvalue weighted by Crippen LogP contribution is -2.09. The fourth-order valence-corrected chi connectivity index (χ4v) is 8.22. The van der Waals surface area contributed by atoms with Crippen molar-refractivity contribution < 1.29 is 18.3 Å². The molecule has 3 heterocycles. The molecule has 0 fully saturated rings. The van der Waals surface area contributed by atoms with Gasteiger partial charge in [0.1, 0.15) is 22.5 Å². The van der Waals surface area contributed by atoms with Gasteiger partial charge in [0, 0.05) is 19.5 Å². The minimum absolute atomic E-state index is 0.150. The van der Waals surface area contributed by atoms with Gasteiger partial charge in [-0.3, -0.25) is 0 Å². The molecule has 0 aliphatic heterocycles. The van der Waals surface area contributed by atoms with Crippen LogP contribution in [0.15, 0.2) is 72.8 Å². The average Bonchev–Trinajstić information content (AvgIpc) is 3.89. The smallest absolute Gasteiger partial charge is 0.170 e. The molecule has 9 heteroatoms. The van der Waals surface area contributed by atoms with Gasteiger partial charge in [-0.15, -0.1) is 22.7 Å². The maximum Gasteiger partial charge on any atom is 0.170 e. The number of fused-ring (bicyclic) bond motifs is 1. The van der Waals surface area contributed by atoms with E-state index in [1.165, 1.54) is 22.7 Å². The zero-order valence-corrected chi connectivity index (χ0v) is 29.5. The first-order valence-electron chi connectivity index (χ1n) is 16.2. The molecule has 4 nitrogen and oxygen atoms in total. The normalized spacial score (nSPS) is 11.7. The average molecular weight is 689 g/mol. The highest BCUT2D eigenvalue weighted by Crippen LogP contribution is 2.45. The van der Waals surface area contributed by atoms with Crippen LogP contribution in [0.4, 0.5) is 8.78 Å². The molecule has 0 saturated heterocycles. The second-order valence-electron chi connectivity index (χ2n) is 11.7. The van der Waals surface area contributed by atoms with Crippen molar-refractivity contribution in [2.24, 2.45) is 11.8 Å². The minimum atomic E-state index is -0.910. The first-order chi connectivity index (χ1) is 22.9. The Labute approximate surface area is 287 Å². The van der Waals surface area contributed by atoms with Crippen LogP contribution < -0.4 is 9.47 Å². The summed E-state index contributed by atoms with van der Waals surface area (Å²) in [5, 5.41) is 0. The molecule has 0 aliphatic rings. The third kappa shape index (κ3) is 7.12. The van der Waals surface area contributed by atoms with Crippen LogP contribution in [0.2, 0.25) is 0 Å². The Morgan fingerprint density at radius 3 is 1.26 bits per heavy atom. The predicted octanol–water partition coefficient (Wildman–Crippen LogP) is 12.4. The summed E-state index contributed by atoms with van der Waals surface area (Å²) in [5.74, 6) is 0.910. The van der Waals surface area contributed by atoms with Crippen LogP contribution in [0.3, 0.4) is 0 Å². The fraction of sp³-hybridized carbons (Fsp3) is 0.316. The molecular formula is C38H38F2N2O2S3. The molecule has 0 saturated carbocycles. The Morgan fingerprint density at radius 1 is 0.532 bits per heavy atom. The molecule has 47 heavy (non-hydrogen) atoms. The molecule has 3 aromatic heterocycles. The van der Waals surface area contributed by atoms with Gasteiger partial charge in [0.15, 0.2) is 11.6 Å². The van der Waals surface area contributed by atoms with Gasteiger partial charge in [0.2, 0.25) is 0 Å². The van der Waals surface area contributed by atoms with Gasteiger partial charge in [-0.25, -0.2) is 8.78 Å². The molecule has 6 aromatic rings. The summed E-state index contributed by atoms with van der Waals surface area (Å²) >= 11 is 3.77. The number of ether oxygens (including phenoxy) is 2. The lowest BCUT2D eigenvalue weighted by atomic mass is 10.0. The van der Waals surface area contributed by atoms with Crippen LogP contribution >= 0.6 is 34.4 Å². The summed E-state index contributed by atoms with van der Waals surface area (Å²) in [6.07, 6.45) is 4.35. The van der Waals surface area contributed by atoms with Gasteiger partial charge in [0.25, 0.3) is 0 Å². The molecule has 244 valence electrons. The van der Waals surface area contributed by atoms with E-state index in [4.69, 9.17) is 9.47 Å². The minimum Gasteiger partial charge on any atom is -0.493 e. The highest BCUT2D eigenvalue weighted by atomic mass is 32.1. The van der Waals surface area contributed by atoms with Crippen LogP contribution in [0, 0.1) is 23.5 Å². The van der Waals surface area contributed by atoms with E-state index in [1.54, 1.807) is 0 Å². The molecule has 6 rings (SSSR count). The third-order valence-corrected chi connectivity index (χ3v) is 11.7. The standard InChI is InChI=1S/C38H38F2N2O2S3/c1-5-23(6-2)21-43-27-13-9-25(10-14-27)29-17-19-31(45-29)33-35(39)36(40)34(38-37(33)41-47-42-38)32-20-18-30(46-32)26-11-15-28(16-12-26)44-22-24(7-3)8-4/h9-20,23-24H,5-8,21-22H2,1-4H3. The Morgan fingerprint density at radius 2 is 0.894 bits per heavy atom. The predicted molar refractivity (Wildman–Crippen MR) is 194 cm³/mol.